The summed E-state index contributed by atoms with van der Waals surface area (Å²) in [4.78, 5) is 14.2. The van der Waals surface area contributed by atoms with Gasteiger partial charge in [-0.1, -0.05) is 30.3 Å². The minimum atomic E-state index is -4.92. The summed E-state index contributed by atoms with van der Waals surface area (Å²) in [6.45, 7) is 1.59. The average Bonchev–Trinajstić information content (AvgIpc) is 2.93. The molecule has 1 unspecified atom stereocenters. The van der Waals surface area contributed by atoms with Gasteiger partial charge in [-0.3, -0.25) is 4.79 Å². The number of halogens is 3. The van der Waals surface area contributed by atoms with E-state index >= 15 is 0 Å². The predicted octanol–water partition coefficient (Wildman–Crippen LogP) is 2.95. The van der Waals surface area contributed by atoms with Crippen LogP contribution in [-0.2, 0) is 15.1 Å². The molecular formula is C21H20F3NO4. The van der Waals surface area contributed by atoms with Crippen LogP contribution >= 0.6 is 0 Å². The summed E-state index contributed by atoms with van der Waals surface area (Å²) >= 11 is 0. The largest absolute Gasteiger partial charge is 0.425 e. The monoisotopic (exact) mass is 407 g/mol. The molecule has 1 saturated heterocycles. The molecule has 2 aromatic carbocycles. The minimum absolute atomic E-state index is 0.106. The molecule has 0 saturated carbocycles. The van der Waals surface area contributed by atoms with Crippen LogP contribution in [0.4, 0.5) is 13.2 Å². The number of methoxy groups -OCH3 is 1. The van der Waals surface area contributed by atoms with Crippen LogP contribution < -0.4 is 0 Å². The van der Waals surface area contributed by atoms with E-state index in [0.717, 1.165) is 6.07 Å². The molecule has 2 aliphatic rings. The van der Waals surface area contributed by atoms with Crippen molar-refractivity contribution in [1.29, 1.82) is 0 Å². The fourth-order valence-corrected chi connectivity index (χ4v) is 3.89. The van der Waals surface area contributed by atoms with Crippen LogP contribution in [-0.4, -0.2) is 61.6 Å². The van der Waals surface area contributed by atoms with E-state index in [9.17, 15) is 23.1 Å². The van der Waals surface area contributed by atoms with E-state index in [1.165, 1.54) is 35.2 Å². The number of carbonyl (C=O) groups excluding carboxylic acids is 1. The number of benzene rings is 2. The number of amides is 1. The summed E-state index contributed by atoms with van der Waals surface area (Å²) in [6.07, 6.45) is -5.03. The first kappa shape index (κ1) is 19.9. The molecule has 29 heavy (non-hydrogen) atoms. The highest BCUT2D eigenvalue weighted by molar-refractivity contribution is 5.96. The van der Waals surface area contributed by atoms with E-state index in [-0.39, 0.29) is 34.3 Å². The third-order valence-electron chi connectivity index (χ3n) is 5.45. The van der Waals surface area contributed by atoms with Gasteiger partial charge in [0, 0.05) is 36.9 Å². The zero-order valence-electron chi connectivity index (χ0n) is 15.7. The second-order valence-electron chi connectivity index (χ2n) is 7.21. The minimum Gasteiger partial charge on any atom is -0.382 e. The normalized spacial score (nSPS) is 20.9. The van der Waals surface area contributed by atoms with Gasteiger partial charge in [-0.05, 0) is 23.3 Å². The van der Waals surface area contributed by atoms with Crippen molar-refractivity contribution in [3.63, 3.8) is 0 Å². The topological polar surface area (TPSA) is 59.0 Å². The molecule has 1 amide bonds. The molecule has 1 aliphatic heterocycles. The van der Waals surface area contributed by atoms with Gasteiger partial charge in [0.2, 0.25) is 5.60 Å². The molecule has 2 aromatic rings. The maximum absolute atomic E-state index is 13.9. The lowest BCUT2D eigenvalue weighted by molar-refractivity contribution is -0.246. The molecule has 0 aromatic heterocycles. The van der Waals surface area contributed by atoms with Gasteiger partial charge in [0.25, 0.3) is 5.91 Å². The van der Waals surface area contributed by atoms with Gasteiger partial charge in [-0.2, -0.15) is 13.2 Å². The zero-order chi connectivity index (χ0) is 20.8. The number of aliphatic hydroxyl groups is 1. The molecule has 0 radical (unpaired) electrons. The first-order valence-corrected chi connectivity index (χ1v) is 9.20. The number of fused-ring (bicyclic) bond motifs is 3. The van der Waals surface area contributed by atoms with Gasteiger partial charge in [0.1, 0.15) is 0 Å². The Balaban J connectivity index is 1.61. The lowest BCUT2D eigenvalue weighted by atomic mass is 9.89. The fraction of sp³-hybridized carbons (Fsp3) is 0.381. The number of rotatable bonds is 5. The van der Waals surface area contributed by atoms with E-state index in [1.54, 1.807) is 13.2 Å². The standard InChI is InChI=1S/C21H20F3NO4/c1-28-8-9-29-14-11-25(12-14)19(26)13-6-7-16-15-4-2-3-5-17(15)20(27,18(16)10-13)21(22,23)24/h2-7,10,14,27H,8-9,11-12H2,1H3. The average molecular weight is 407 g/mol. The van der Waals surface area contributed by atoms with E-state index in [1.807, 2.05) is 0 Å². The van der Waals surface area contributed by atoms with Crippen molar-refractivity contribution in [2.45, 2.75) is 17.9 Å². The van der Waals surface area contributed by atoms with Crippen LogP contribution in [0.15, 0.2) is 42.5 Å². The van der Waals surface area contributed by atoms with Crippen LogP contribution in [0.3, 0.4) is 0 Å². The van der Waals surface area contributed by atoms with E-state index in [0.29, 0.717) is 31.9 Å². The molecule has 154 valence electrons. The number of hydrogen-bond acceptors (Lipinski definition) is 4. The molecule has 5 nitrogen and oxygen atoms in total. The lowest BCUT2D eigenvalue weighted by Gasteiger charge is -2.39. The molecule has 0 bridgehead atoms. The molecular weight excluding hydrogens is 387 g/mol. The van der Waals surface area contributed by atoms with Gasteiger partial charge in [-0.25, -0.2) is 0 Å². The van der Waals surface area contributed by atoms with Crippen molar-refractivity contribution in [1.82, 2.24) is 4.90 Å². The smallest absolute Gasteiger partial charge is 0.382 e. The van der Waals surface area contributed by atoms with Crippen LogP contribution in [0, 0.1) is 0 Å². The Labute approximate surface area is 165 Å². The summed E-state index contributed by atoms with van der Waals surface area (Å²) in [5, 5.41) is 10.7. The number of ether oxygens (including phenoxy) is 2. The predicted molar refractivity (Wildman–Crippen MR) is 98.5 cm³/mol. The summed E-state index contributed by atoms with van der Waals surface area (Å²) in [5.41, 5.74) is -2.98. The summed E-state index contributed by atoms with van der Waals surface area (Å²) in [5.74, 6) is -0.389. The Morgan fingerprint density at radius 3 is 2.52 bits per heavy atom. The SMILES string of the molecule is COCCOC1CN(C(=O)c2ccc3c(c2)C(O)(C(F)(F)F)c2ccccc2-3)C1. The van der Waals surface area contributed by atoms with Gasteiger partial charge in [0.05, 0.1) is 19.3 Å². The molecule has 8 heteroatoms. The van der Waals surface area contributed by atoms with E-state index < -0.39 is 11.8 Å². The Kier molecular flexibility index (Phi) is 4.88. The maximum Gasteiger partial charge on any atom is 0.425 e. The highest BCUT2D eigenvalue weighted by Gasteiger charge is 2.60. The van der Waals surface area contributed by atoms with Crippen molar-refractivity contribution in [2.24, 2.45) is 0 Å². The molecule has 1 aliphatic carbocycles. The zero-order valence-corrected chi connectivity index (χ0v) is 15.7. The Bertz CT molecular complexity index is 940. The van der Waals surface area contributed by atoms with Gasteiger partial charge in [0.15, 0.2) is 0 Å². The van der Waals surface area contributed by atoms with Gasteiger partial charge >= 0.3 is 6.18 Å². The third-order valence-corrected chi connectivity index (χ3v) is 5.45. The van der Waals surface area contributed by atoms with Crippen molar-refractivity contribution < 1.29 is 32.5 Å². The summed E-state index contributed by atoms with van der Waals surface area (Å²) < 4.78 is 52.1. The number of nitrogens with zero attached hydrogens (tertiary/aromatic N) is 1. The quantitative estimate of drug-likeness (QED) is 0.775. The van der Waals surface area contributed by atoms with E-state index in [2.05, 4.69) is 0 Å². The molecule has 1 atom stereocenters. The Morgan fingerprint density at radius 2 is 1.83 bits per heavy atom. The summed E-state index contributed by atoms with van der Waals surface area (Å²) in [7, 11) is 1.56. The van der Waals surface area contributed by atoms with Crippen LogP contribution in [0.5, 0.6) is 0 Å². The Hall–Kier alpha value is -2.42. The second kappa shape index (κ2) is 7.12. The lowest BCUT2D eigenvalue weighted by Crippen LogP contribution is -2.55. The van der Waals surface area contributed by atoms with Crippen LogP contribution in [0.25, 0.3) is 11.1 Å². The first-order chi connectivity index (χ1) is 13.8. The molecule has 1 heterocycles. The Morgan fingerprint density at radius 1 is 1.14 bits per heavy atom. The number of alkyl halides is 3. The van der Waals surface area contributed by atoms with Crippen LogP contribution in [0.1, 0.15) is 21.5 Å². The number of carbonyl (C=O) groups is 1. The highest BCUT2D eigenvalue weighted by Crippen LogP contribution is 2.55. The first-order valence-electron chi connectivity index (χ1n) is 9.20. The van der Waals surface area contributed by atoms with Crippen LogP contribution in [0.2, 0.25) is 0 Å². The van der Waals surface area contributed by atoms with Gasteiger partial charge in [-0.15, -0.1) is 0 Å². The molecule has 4 rings (SSSR count). The fourth-order valence-electron chi connectivity index (χ4n) is 3.89. The van der Waals surface area contributed by atoms with Crippen molar-refractivity contribution in [3.8, 4) is 11.1 Å². The van der Waals surface area contributed by atoms with Gasteiger partial charge < -0.3 is 19.5 Å². The third kappa shape index (κ3) is 3.11. The second-order valence-corrected chi connectivity index (χ2v) is 7.21. The molecule has 1 N–H and O–H groups in total. The molecule has 1 fully saturated rings. The highest BCUT2D eigenvalue weighted by atomic mass is 19.4. The van der Waals surface area contributed by atoms with Crippen molar-refractivity contribution >= 4 is 5.91 Å². The molecule has 0 spiro atoms. The van der Waals surface area contributed by atoms with Crippen molar-refractivity contribution in [3.05, 3.63) is 59.2 Å². The number of hydrogen-bond donors (Lipinski definition) is 1. The summed E-state index contributed by atoms with van der Waals surface area (Å²) in [6, 6.07) is 10.0. The van der Waals surface area contributed by atoms with Crippen molar-refractivity contribution in [2.75, 3.05) is 33.4 Å². The maximum atomic E-state index is 13.9. The number of likely N-dealkylation sites (tertiary alicyclic amines) is 1. The van der Waals surface area contributed by atoms with E-state index in [4.69, 9.17) is 9.47 Å².